The number of halogens is 3. The van der Waals surface area contributed by atoms with Crippen molar-refractivity contribution in [3.63, 3.8) is 0 Å². The fourth-order valence-corrected chi connectivity index (χ4v) is 4.29. The third-order valence-corrected chi connectivity index (χ3v) is 5.71. The van der Waals surface area contributed by atoms with Gasteiger partial charge in [0.1, 0.15) is 5.69 Å². The molecule has 160 valence electrons. The van der Waals surface area contributed by atoms with Gasteiger partial charge in [-0.3, -0.25) is 4.99 Å². The van der Waals surface area contributed by atoms with Gasteiger partial charge in [0.25, 0.3) is 0 Å². The Kier molecular flexibility index (Phi) is 6.89. The summed E-state index contributed by atoms with van der Waals surface area (Å²) in [5.41, 5.74) is 1.02. The van der Waals surface area contributed by atoms with Crippen LogP contribution in [0.3, 0.4) is 0 Å². The summed E-state index contributed by atoms with van der Waals surface area (Å²) in [7, 11) is 0. The first-order valence-electron chi connectivity index (χ1n) is 10.0. The van der Waals surface area contributed by atoms with Gasteiger partial charge in [0.05, 0.1) is 17.7 Å². The SMILES string of the molecule is C=Nc1nccc(N2CC(NC3CCC(O)CC3)CC(C(F)(F)F)C2)c1N=CC. The van der Waals surface area contributed by atoms with Gasteiger partial charge in [-0.1, -0.05) is 0 Å². The number of pyridine rings is 1. The van der Waals surface area contributed by atoms with E-state index in [9.17, 15) is 18.3 Å². The maximum atomic E-state index is 13.7. The first kappa shape index (κ1) is 21.7. The van der Waals surface area contributed by atoms with E-state index in [-0.39, 0.29) is 31.2 Å². The van der Waals surface area contributed by atoms with E-state index in [4.69, 9.17) is 0 Å². The van der Waals surface area contributed by atoms with Crippen LogP contribution in [0.15, 0.2) is 22.2 Å². The summed E-state index contributed by atoms with van der Waals surface area (Å²) in [5.74, 6) is -1.13. The number of aliphatic hydroxyl groups excluding tert-OH is 1. The molecule has 2 aliphatic rings. The van der Waals surface area contributed by atoms with Gasteiger partial charge in [-0.2, -0.15) is 13.2 Å². The molecule has 2 N–H and O–H groups in total. The number of aliphatic imine (C=N–C) groups is 2. The molecule has 1 saturated carbocycles. The van der Waals surface area contributed by atoms with Crippen molar-refractivity contribution in [1.29, 1.82) is 0 Å². The van der Waals surface area contributed by atoms with Crippen LogP contribution >= 0.6 is 0 Å². The molecule has 1 aliphatic carbocycles. The van der Waals surface area contributed by atoms with E-state index in [1.807, 2.05) is 0 Å². The number of aromatic nitrogens is 1. The molecule has 3 rings (SSSR count). The summed E-state index contributed by atoms with van der Waals surface area (Å²) in [6, 6.07) is 1.51. The van der Waals surface area contributed by atoms with Crippen molar-refractivity contribution >= 4 is 30.1 Å². The van der Waals surface area contributed by atoms with Crippen molar-refractivity contribution in [2.45, 2.75) is 63.4 Å². The summed E-state index contributed by atoms with van der Waals surface area (Å²) in [5, 5.41) is 13.1. The molecule has 1 aromatic rings. The summed E-state index contributed by atoms with van der Waals surface area (Å²) in [6.07, 6.45) is 1.49. The van der Waals surface area contributed by atoms with Gasteiger partial charge >= 0.3 is 6.18 Å². The Morgan fingerprint density at radius 3 is 2.59 bits per heavy atom. The van der Waals surface area contributed by atoms with E-state index in [1.165, 1.54) is 6.20 Å². The zero-order valence-electron chi connectivity index (χ0n) is 16.6. The van der Waals surface area contributed by atoms with E-state index >= 15 is 0 Å². The van der Waals surface area contributed by atoms with Crippen LogP contribution in [-0.2, 0) is 0 Å². The predicted molar refractivity (Wildman–Crippen MR) is 109 cm³/mol. The van der Waals surface area contributed by atoms with Crippen molar-refractivity contribution in [1.82, 2.24) is 10.3 Å². The van der Waals surface area contributed by atoms with E-state index < -0.39 is 12.1 Å². The highest BCUT2D eigenvalue weighted by Crippen LogP contribution is 2.40. The van der Waals surface area contributed by atoms with Gasteiger partial charge in [0, 0.05) is 37.6 Å². The lowest BCUT2D eigenvalue weighted by molar-refractivity contribution is -0.177. The van der Waals surface area contributed by atoms with Crippen molar-refractivity contribution in [2.24, 2.45) is 15.9 Å². The number of hydrogen-bond acceptors (Lipinski definition) is 6. The number of anilines is 1. The van der Waals surface area contributed by atoms with Crippen LogP contribution in [0, 0.1) is 5.92 Å². The summed E-state index contributed by atoms with van der Waals surface area (Å²) < 4.78 is 41.0. The Morgan fingerprint density at radius 2 is 1.97 bits per heavy atom. The topological polar surface area (TPSA) is 73.1 Å². The first-order valence-corrected chi connectivity index (χ1v) is 10.0. The van der Waals surface area contributed by atoms with Gasteiger partial charge in [0.15, 0.2) is 5.82 Å². The highest BCUT2D eigenvalue weighted by Gasteiger charge is 2.45. The Hall–Kier alpha value is -2.00. The van der Waals surface area contributed by atoms with Crippen LogP contribution in [-0.4, -0.2) is 60.5 Å². The summed E-state index contributed by atoms with van der Waals surface area (Å²) in [6.45, 7) is 5.55. The molecule has 0 spiro atoms. The third-order valence-electron chi connectivity index (χ3n) is 5.71. The number of nitrogens with zero attached hydrogens (tertiary/aromatic N) is 4. The van der Waals surface area contributed by atoms with Crippen LogP contribution in [0.1, 0.15) is 39.0 Å². The van der Waals surface area contributed by atoms with Gasteiger partial charge in [-0.15, -0.1) is 0 Å². The summed E-state index contributed by atoms with van der Waals surface area (Å²) in [4.78, 5) is 14.0. The lowest BCUT2D eigenvalue weighted by atomic mass is 9.89. The molecule has 0 radical (unpaired) electrons. The number of aliphatic hydroxyl groups is 1. The molecule has 2 unspecified atom stereocenters. The highest BCUT2D eigenvalue weighted by molar-refractivity contribution is 5.80. The van der Waals surface area contributed by atoms with E-state index in [2.05, 4.69) is 27.0 Å². The smallest absolute Gasteiger partial charge is 0.393 e. The molecular formula is C20H28F3N5O. The first-order chi connectivity index (χ1) is 13.8. The van der Waals surface area contributed by atoms with Gasteiger partial charge < -0.3 is 15.3 Å². The van der Waals surface area contributed by atoms with Gasteiger partial charge in [0.2, 0.25) is 0 Å². The normalized spacial score (nSPS) is 28.7. The second-order valence-electron chi connectivity index (χ2n) is 7.80. The second kappa shape index (κ2) is 9.21. The number of piperidine rings is 1. The Morgan fingerprint density at radius 1 is 1.24 bits per heavy atom. The largest absolute Gasteiger partial charge is 0.393 e. The number of nitrogens with one attached hydrogen (secondary N) is 1. The predicted octanol–water partition coefficient (Wildman–Crippen LogP) is 3.79. The molecular weight excluding hydrogens is 383 g/mol. The molecule has 0 amide bonds. The van der Waals surface area contributed by atoms with Crippen LogP contribution in [0.2, 0.25) is 0 Å². The minimum absolute atomic E-state index is 0.0447. The summed E-state index contributed by atoms with van der Waals surface area (Å²) >= 11 is 0. The Balaban J connectivity index is 1.85. The third kappa shape index (κ3) is 5.33. The molecule has 1 saturated heterocycles. The molecule has 2 atom stereocenters. The molecule has 0 bridgehead atoms. The van der Waals surface area contributed by atoms with Crippen molar-refractivity contribution in [3.05, 3.63) is 12.3 Å². The van der Waals surface area contributed by atoms with E-state index in [0.29, 0.717) is 36.6 Å². The van der Waals surface area contributed by atoms with Crippen molar-refractivity contribution in [3.8, 4) is 0 Å². The monoisotopic (exact) mass is 411 g/mol. The molecule has 2 fully saturated rings. The molecule has 6 nitrogen and oxygen atoms in total. The number of hydrogen-bond donors (Lipinski definition) is 2. The number of alkyl halides is 3. The molecule has 1 aromatic heterocycles. The maximum Gasteiger partial charge on any atom is 0.393 e. The van der Waals surface area contributed by atoms with Crippen LogP contribution in [0.4, 0.5) is 30.4 Å². The van der Waals surface area contributed by atoms with E-state index in [1.54, 1.807) is 24.1 Å². The highest BCUT2D eigenvalue weighted by atomic mass is 19.4. The molecule has 1 aliphatic heterocycles. The second-order valence-corrected chi connectivity index (χ2v) is 7.80. The molecule has 29 heavy (non-hydrogen) atoms. The fraction of sp³-hybridized carbons (Fsp3) is 0.650. The zero-order chi connectivity index (χ0) is 21.0. The molecule has 2 heterocycles. The number of rotatable bonds is 5. The lowest BCUT2D eigenvalue weighted by Crippen LogP contribution is -2.55. The minimum atomic E-state index is -4.28. The Labute approximate surface area is 169 Å². The lowest BCUT2D eigenvalue weighted by Gasteiger charge is -2.42. The van der Waals surface area contributed by atoms with Crippen molar-refractivity contribution in [2.75, 3.05) is 18.0 Å². The fourth-order valence-electron chi connectivity index (χ4n) is 4.29. The molecule has 9 heteroatoms. The van der Waals surface area contributed by atoms with Crippen LogP contribution in [0.5, 0.6) is 0 Å². The maximum absolute atomic E-state index is 13.7. The average molecular weight is 411 g/mol. The average Bonchev–Trinajstić information content (AvgIpc) is 2.69. The standard InChI is InChI=1S/C20H28F3N5O/c1-3-25-18-17(8-9-26-19(18)24-2)28-11-13(20(21,22)23)10-15(12-28)27-14-4-6-16(29)7-5-14/h3,8-9,13-16,27,29H,2,4-7,10-12H2,1H3. The minimum Gasteiger partial charge on any atom is -0.393 e. The van der Waals surface area contributed by atoms with Crippen LogP contribution in [0.25, 0.3) is 0 Å². The zero-order valence-corrected chi connectivity index (χ0v) is 16.6. The van der Waals surface area contributed by atoms with E-state index in [0.717, 1.165) is 12.8 Å². The quantitative estimate of drug-likeness (QED) is 0.723. The van der Waals surface area contributed by atoms with Gasteiger partial charge in [-0.05, 0) is 51.8 Å². The van der Waals surface area contributed by atoms with Crippen LogP contribution < -0.4 is 10.2 Å². The van der Waals surface area contributed by atoms with Crippen molar-refractivity contribution < 1.29 is 18.3 Å². The molecule has 0 aromatic carbocycles. The Bertz CT molecular complexity index is 731. The van der Waals surface area contributed by atoms with Gasteiger partial charge in [-0.25, -0.2) is 9.98 Å².